The van der Waals surface area contributed by atoms with Crippen molar-refractivity contribution in [2.75, 3.05) is 5.32 Å². The van der Waals surface area contributed by atoms with Gasteiger partial charge in [-0.3, -0.25) is 4.79 Å². The van der Waals surface area contributed by atoms with Gasteiger partial charge in [0.15, 0.2) is 5.69 Å². The largest absolute Gasteiger partial charge is 0.501 e. The number of rotatable bonds is 5. The maximum atomic E-state index is 12.3. The van der Waals surface area contributed by atoms with E-state index in [-0.39, 0.29) is 23.6 Å². The maximum Gasteiger partial charge on any atom is 0.358 e. The van der Waals surface area contributed by atoms with Gasteiger partial charge in [0.05, 0.1) is 5.69 Å². The van der Waals surface area contributed by atoms with E-state index in [4.69, 9.17) is 28.3 Å². The fourth-order valence-corrected chi connectivity index (χ4v) is 2.94. The Hall–Kier alpha value is -3.56. The number of carbonyl (C=O) groups is 2. The van der Waals surface area contributed by atoms with E-state index >= 15 is 0 Å². The Balaban J connectivity index is 1.84. The number of aromatic nitrogens is 2. The fourth-order valence-electron chi connectivity index (χ4n) is 2.56. The summed E-state index contributed by atoms with van der Waals surface area (Å²) in [6.07, 6.45) is 0. The average Bonchev–Trinajstić information content (AvgIpc) is 2.71. The summed E-state index contributed by atoms with van der Waals surface area (Å²) in [4.78, 5) is 41.5. The molecule has 0 fully saturated rings. The Morgan fingerprint density at radius 3 is 2.60 bits per heavy atom. The number of hydrogen-bond acceptors (Lipinski definition) is 5. The Morgan fingerprint density at radius 2 is 1.87 bits per heavy atom. The van der Waals surface area contributed by atoms with Crippen molar-refractivity contribution < 1.29 is 19.8 Å². The van der Waals surface area contributed by atoms with Gasteiger partial charge >= 0.3 is 12.0 Å². The first-order valence-electron chi connectivity index (χ1n) is 8.41. The van der Waals surface area contributed by atoms with Gasteiger partial charge in [-0.05, 0) is 35.9 Å². The predicted molar refractivity (Wildman–Crippen MR) is 111 cm³/mol. The molecule has 0 aliphatic carbocycles. The Kier molecular flexibility index (Phi) is 6.24. The van der Waals surface area contributed by atoms with Crippen LogP contribution >= 0.6 is 23.2 Å². The number of urea groups is 1. The summed E-state index contributed by atoms with van der Waals surface area (Å²) in [5.41, 5.74) is -0.718. The number of carboxylic acids is 1. The Labute approximate surface area is 179 Å². The third-order valence-electron chi connectivity index (χ3n) is 3.98. The van der Waals surface area contributed by atoms with Crippen molar-refractivity contribution >= 4 is 40.9 Å². The number of aromatic carboxylic acids is 1. The van der Waals surface area contributed by atoms with Crippen LogP contribution in [0.2, 0.25) is 10.0 Å². The quantitative estimate of drug-likeness (QED) is 0.404. The predicted octanol–water partition coefficient (Wildman–Crippen LogP) is 3.47. The third kappa shape index (κ3) is 4.70. The molecular weight excluding hydrogens is 435 g/mol. The fraction of sp³-hybridized carbons (Fsp3) is 0.0526. The number of halogens is 2. The first-order chi connectivity index (χ1) is 14.3. The van der Waals surface area contributed by atoms with Gasteiger partial charge in [-0.25, -0.2) is 14.6 Å². The third-order valence-corrected chi connectivity index (χ3v) is 4.58. The molecule has 0 saturated heterocycles. The highest BCUT2D eigenvalue weighted by Crippen LogP contribution is 2.26. The molecule has 3 aromatic rings. The van der Waals surface area contributed by atoms with Gasteiger partial charge in [0.25, 0.3) is 5.56 Å². The summed E-state index contributed by atoms with van der Waals surface area (Å²) in [6.45, 7) is 0.102. The molecule has 5 N–H and O–H groups in total. The van der Waals surface area contributed by atoms with Gasteiger partial charge in [0.2, 0.25) is 5.75 Å². The van der Waals surface area contributed by atoms with Crippen molar-refractivity contribution in [1.29, 1.82) is 0 Å². The van der Waals surface area contributed by atoms with Gasteiger partial charge in [-0.2, -0.15) is 0 Å². The molecule has 0 saturated carbocycles. The van der Waals surface area contributed by atoms with Crippen LogP contribution in [0.3, 0.4) is 0 Å². The molecule has 1 heterocycles. The zero-order valence-electron chi connectivity index (χ0n) is 15.1. The van der Waals surface area contributed by atoms with E-state index in [2.05, 4.69) is 20.6 Å². The van der Waals surface area contributed by atoms with Crippen LogP contribution in [0.15, 0.2) is 47.3 Å². The van der Waals surface area contributed by atoms with Gasteiger partial charge in [-0.1, -0.05) is 35.3 Å². The van der Waals surface area contributed by atoms with Crippen LogP contribution in [0.25, 0.3) is 11.4 Å². The number of nitrogens with zero attached hydrogens (tertiary/aromatic N) is 1. The van der Waals surface area contributed by atoms with Crippen LogP contribution in [0, 0.1) is 0 Å². The Bertz CT molecular complexity index is 1200. The van der Waals surface area contributed by atoms with Crippen molar-refractivity contribution in [3.05, 3.63) is 74.1 Å². The summed E-state index contributed by atoms with van der Waals surface area (Å²) in [5, 5.41) is 24.8. The van der Waals surface area contributed by atoms with E-state index in [1.54, 1.807) is 30.3 Å². The molecule has 154 valence electrons. The zero-order valence-corrected chi connectivity index (χ0v) is 16.6. The maximum absolute atomic E-state index is 12.3. The van der Waals surface area contributed by atoms with Gasteiger partial charge in [0.1, 0.15) is 5.82 Å². The molecule has 0 spiro atoms. The number of H-pyrrole nitrogens is 1. The summed E-state index contributed by atoms with van der Waals surface area (Å²) in [6, 6.07) is 10.6. The number of aromatic hydroxyl groups is 1. The van der Waals surface area contributed by atoms with Gasteiger partial charge in [-0.15, -0.1) is 0 Å². The molecular formula is C19H14Cl2N4O5. The number of anilines is 1. The summed E-state index contributed by atoms with van der Waals surface area (Å²) in [7, 11) is 0. The first-order valence-corrected chi connectivity index (χ1v) is 9.16. The minimum absolute atomic E-state index is 0.102. The highest BCUT2D eigenvalue weighted by atomic mass is 35.5. The van der Waals surface area contributed by atoms with E-state index in [0.717, 1.165) is 0 Å². The van der Waals surface area contributed by atoms with Crippen molar-refractivity contribution in [2.24, 2.45) is 0 Å². The lowest BCUT2D eigenvalue weighted by molar-refractivity contribution is 0.0686. The summed E-state index contributed by atoms with van der Waals surface area (Å²) >= 11 is 12.0. The number of carbonyl (C=O) groups excluding carboxylic acids is 1. The van der Waals surface area contributed by atoms with E-state index in [1.165, 1.54) is 12.1 Å². The monoisotopic (exact) mass is 448 g/mol. The van der Waals surface area contributed by atoms with Crippen molar-refractivity contribution in [2.45, 2.75) is 6.54 Å². The smallest absolute Gasteiger partial charge is 0.358 e. The molecule has 1 aromatic heterocycles. The van der Waals surface area contributed by atoms with Crippen LogP contribution in [-0.4, -0.2) is 32.2 Å². The van der Waals surface area contributed by atoms with E-state index < -0.39 is 29.0 Å². The topological polar surface area (TPSA) is 144 Å². The number of para-hydroxylation sites is 1. The second kappa shape index (κ2) is 8.85. The number of carboxylic acid groups (broad SMARTS) is 1. The van der Waals surface area contributed by atoms with Crippen LogP contribution in [0.4, 0.5) is 10.5 Å². The van der Waals surface area contributed by atoms with Crippen molar-refractivity contribution in [1.82, 2.24) is 15.3 Å². The molecule has 0 aliphatic rings. The standard InChI is InChI=1S/C19H14Cl2N4O5/c20-10-5-6-12(21)9(7-10)8-22-19(30)23-13-4-2-1-3-11(13)16-24-14(18(28)29)15(26)17(27)25-16/h1-7,26H,8H2,(H,28,29)(H2,22,23,30)(H,24,25,27). The lowest BCUT2D eigenvalue weighted by Gasteiger charge is -2.12. The van der Waals surface area contributed by atoms with Crippen LogP contribution in [0.5, 0.6) is 5.75 Å². The summed E-state index contributed by atoms with van der Waals surface area (Å²) in [5.74, 6) is -2.71. The molecule has 11 heteroatoms. The van der Waals surface area contributed by atoms with E-state index in [0.29, 0.717) is 15.6 Å². The normalized spacial score (nSPS) is 10.5. The van der Waals surface area contributed by atoms with Crippen molar-refractivity contribution in [3.8, 4) is 17.1 Å². The SMILES string of the molecule is O=C(NCc1cc(Cl)ccc1Cl)Nc1ccccc1-c1nc(C(=O)O)c(O)c(=O)[nH]1. The number of benzene rings is 2. The molecule has 2 aromatic carbocycles. The minimum atomic E-state index is -1.57. The molecule has 0 unspecified atom stereocenters. The minimum Gasteiger partial charge on any atom is -0.501 e. The number of aromatic amines is 1. The van der Waals surface area contributed by atoms with E-state index in [1.807, 2.05) is 0 Å². The van der Waals surface area contributed by atoms with Crippen LogP contribution in [-0.2, 0) is 6.54 Å². The highest BCUT2D eigenvalue weighted by molar-refractivity contribution is 6.33. The van der Waals surface area contributed by atoms with E-state index in [9.17, 15) is 19.5 Å². The zero-order chi connectivity index (χ0) is 21.8. The lowest BCUT2D eigenvalue weighted by Crippen LogP contribution is -2.28. The second-order valence-electron chi connectivity index (χ2n) is 6.01. The molecule has 9 nitrogen and oxygen atoms in total. The molecule has 0 bridgehead atoms. The molecule has 0 aliphatic heterocycles. The highest BCUT2D eigenvalue weighted by Gasteiger charge is 2.19. The molecule has 2 amide bonds. The average molecular weight is 449 g/mol. The number of amides is 2. The first kappa shape index (κ1) is 21.2. The summed E-state index contributed by atoms with van der Waals surface area (Å²) < 4.78 is 0. The van der Waals surface area contributed by atoms with Gasteiger partial charge in [0, 0.05) is 22.2 Å². The molecule has 3 rings (SSSR count). The molecule has 30 heavy (non-hydrogen) atoms. The van der Waals surface area contributed by atoms with Gasteiger partial charge < -0.3 is 25.8 Å². The number of hydrogen-bond donors (Lipinski definition) is 5. The lowest BCUT2D eigenvalue weighted by atomic mass is 10.1. The molecule has 0 atom stereocenters. The van der Waals surface area contributed by atoms with Crippen LogP contribution < -0.4 is 16.2 Å². The number of nitrogens with one attached hydrogen (secondary N) is 3. The Morgan fingerprint density at radius 1 is 1.13 bits per heavy atom. The van der Waals surface area contributed by atoms with Crippen LogP contribution in [0.1, 0.15) is 16.1 Å². The molecule has 0 radical (unpaired) electrons. The second-order valence-corrected chi connectivity index (χ2v) is 6.85. The van der Waals surface area contributed by atoms with Crippen molar-refractivity contribution in [3.63, 3.8) is 0 Å².